The summed E-state index contributed by atoms with van der Waals surface area (Å²) in [6, 6.07) is 0. The summed E-state index contributed by atoms with van der Waals surface area (Å²) in [6.45, 7) is 1.61. The molecule has 100 valence electrons. The maximum absolute atomic E-state index is 9.79. The zero-order chi connectivity index (χ0) is 13.0. The van der Waals surface area contributed by atoms with Gasteiger partial charge in [-0.1, -0.05) is 6.42 Å². The summed E-state index contributed by atoms with van der Waals surface area (Å²) in [5.74, 6) is 0.802. The van der Waals surface area contributed by atoms with Gasteiger partial charge in [-0.05, 0) is 32.6 Å². The van der Waals surface area contributed by atoms with Crippen LogP contribution in [0.15, 0.2) is 6.33 Å². The number of hydrogen-bond donors (Lipinski definition) is 3. The van der Waals surface area contributed by atoms with E-state index in [-0.39, 0.29) is 13.2 Å². The van der Waals surface area contributed by atoms with Crippen molar-refractivity contribution < 1.29 is 10.2 Å². The van der Waals surface area contributed by atoms with Gasteiger partial charge in [-0.3, -0.25) is 0 Å². The van der Waals surface area contributed by atoms with Crippen molar-refractivity contribution in [1.29, 1.82) is 0 Å². The van der Waals surface area contributed by atoms with E-state index in [9.17, 15) is 5.11 Å². The second kappa shape index (κ2) is 5.63. The normalized spacial score (nSPS) is 18.6. The van der Waals surface area contributed by atoms with E-state index in [0.29, 0.717) is 0 Å². The van der Waals surface area contributed by atoms with E-state index in [2.05, 4.69) is 15.3 Å². The van der Waals surface area contributed by atoms with E-state index in [1.54, 1.807) is 13.3 Å². The Morgan fingerprint density at radius 2 is 2.06 bits per heavy atom. The number of aromatic nitrogens is 2. The molecule has 1 aromatic heterocycles. The molecular weight excluding hydrogens is 230 g/mol. The standard InChI is InChI=1S/C13H21N3O2/c1-13(18,8-17)7-14-12-10-5-3-2-4-6-11(10)15-9-16-12/h9,17-18H,2-8H2,1H3,(H,14,15,16). The number of nitrogens with one attached hydrogen (secondary N) is 1. The van der Waals surface area contributed by atoms with Crippen LogP contribution in [0.25, 0.3) is 0 Å². The van der Waals surface area contributed by atoms with Crippen LogP contribution in [0.1, 0.15) is 37.4 Å². The smallest absolute Gasteiger partial charge is 0.132 e. The Hall–Kier alpha value is -1.20. The Kier molecular flexibility index (Phi) is 4.14. The Labute approximate surface area is 107 Å². The van der Waals surface area contributed by atoms with Gasteiger partial charge >= 0.3 is 0 Å². The van der Waals surface area contributed by atoms with E-state index >= 15 is 0 Å². The van der Waals surface area contributed by atoms with Crippen molar-refractivity contribution in [2.24, 2.45) is 0 Å². The second-order valence-corrected chi connectivity index (χ2v) is 5.22. The topological polar surface area (TPSA) is 78.3 Å². The number of nitrogens with zero attached hydrogens (tertiary/aromatic N) is 2. The Bertz CT molecular complexity index is 407. The van der Waals surface area contributed by atoms with E-state index < -0.39 is 5.60 Å². The number of hydrogen-bond acceptors (Lipinski definition) is 5. The van der Waals surface area contributed by atoms with E-state index in [1.165, 1.54) is 18.4 Å². The predicted molar refractivity (Wildman–Crippen MR) is 69.5 cm³/mol. The highest BCUT2D eigenvalue weighted by atomic mass is 16.3. The van der Waals surface area contributed by atoms with Crippen LogP contribution in [0.2, 0.25) is 0 Å². The zero-order valence-corrected chi connectivity index (χ0v) is 10.8. The first-order chi connectivity index (χ1) is 8.62. The van der Waals surface area contributed by atoms with Crippen molar-refractivity contribution >= 4 is 5.82 Å². The molecule has 2 rings (SSSR count). The van der Waals surface area contributed by atoms with E-state index in [1.807, 2.05) is 0 Å². The number of anilines is 1. The van der Waals surface area contributed by atoms with Gasteiger partial charge in [-0.15, -0.1) is 0 Å². The summed E-state index contributed by atoms with van der Waals surface area (Å²) < 4.78 is 0. The molecule has 5 nitrogen and oxygen atoms in total. The lowest BCUT2D eigenvalue weighted by Crippen LogP contribution is -2.37. The number of fused-ring (bicyclic) bond motifs is 1. The van der Waals surface area contributed by atoms with Crippen molar-refractivity contribution in [1.82, 2.24) is 9.97 Å². The summed E-state index contributed by atoms with van der Waals surface area (Å²) in [6.07, 6.45) is 7.12. The maximum atomic E-state index is 9.79. The van der Waals surface area contributed by atoms with Gasteiger partial charge in [0.25, 0.3) is 0 Å². The van der Waals surface area contributed by atoms with Crippen LogP contribution in [0, 0.1) is 0 Å². The Morgan fingerprint density at radius 3 is 2.83 bits per heavy atom. The van der Waals surface area contributed by atoms with Gasteiger partial charge in [0.15, 0.2) is 0 Å². The summed E-state index contributed by atoms with van der Waals surface area (Å²) in [5.41, 5.74) is 1.17. The summed E-state index contributed by atoms with van der Waals surface area (Å²) >= 11 is 0. The van der Waals surface area contributed by atoms with Crippen LogP contribution >= 0.6 is 0 Å². The van der Waals surface area contributed by atoms with Crippen LogP contribution in [0.3, 0.4) is 0 Å². The molecule has 1 aliphatic carbocycles. The molecule has 0 radical (unpaired) electrons. The number of aliphatic hydroxyl groups is 2. The fourth-order valence-corrected chi connectivity index (χ4v) is 2.18. The Morgan fingerprint density at radius 1 is 1.28 bits per heavy atom. The quantitative estimate of drug-likeness (QED) is 0.693. The van der Waals surface area contributed by atoms with Gasteiger partial charge in [-0.25, -0.2) is 9.97 Å². The molecule has 0 aliphatic heterocycles. The fourth-order valence-electron chi connectivity index (χ4n) is 2.18. The molecule has 0 bridgehead atoms. The average molecular weight is 251 g/mol. The second-order valence-electron chi connectivity index (χ2n) is 5.22. The van der Waals surface area contributed by atoms with Crippen molar-refractivity contribution in [2.45, 2.75) is 44.6 Å². The van der Waals surface area contributed by atoms with Crippen molar-refractivity contribution in [2.75, 3.05) is 18.5 Å². The molecule has 18 heavy (non-hydrogen) atoms. The summed E-state index contributed by atoms with van der Waals surface area (Å²) in [7, 11) is 0. The number of aryl methyl sites for hydroxylation is 1. The van der Waals surface area contributed by atoms with Crippen LogP contribution < -0.4 is 5.32 Å². The molecule has 5 heteroatoms. The molecule has 0 saturated heterocycles. The third-order valence-corrected chi connectivity index (χ3v) is 3.35. The highest BCUT2D eigenvalue weighted by Crippen LogP contribution is 2.24. The Balaban J connectivity index is 2.13. The monoisotopic (exact) mass is 251 g/mol. The molecular formula is C13H21N3O2. The van der Waals surface area contributed by atoms with Crippen LogP contribution in [0.5, 0.6) is 0 Å². The molecule has 1 aliphatic rings. The van der Waals surface area contributed by atoms with Gasteiger partial charge in [0, 0.05) is 17.8 Å². The molecule has 1 unspecified atom stereocenters. The lowest BCUT2D eigenvalue weighted by atomic mass is 10.1. The minimum atomic E-state index is -1.12. The lowest BCUT2D eigenvalue weighted by Gasteiger charge is -2.22. The molecule has 0 saturated carbocycles. The highest BCUT2D eigenvalue weighted by molar-refractivity contribution is 5.46. The van der Waals surface area contributed by atoms with E-state index in [4.69, 9.17) is 5.11 Å². The van der Waals surface area contributed by atoms with Crippen LogP contribution in [-0.2, 0) is 12.8 Å². The summed E-state index contributed by atoms with van der Waals surface area (Å²) in [5, 5.41) is 22.0. The van der Waals surface area contributed by atoms with Gasteiger partial charge in [0.1, 0.15) is 17.7 Å². The van der Waals surface area contributed by atoms with Crippen molar-refractivity contribution in [3.63, 3.8) is 0 Å². The van der Waals surface area contributed by atoms with Gasteiger partial charge in [-0.2, -0.15) is 0 Å². The first-order valence-electron chi connectivity index (χ1n) is 6.52. The molecule has 3 N–H and O–H groups in total. The minimum absolute atomic E-state index is 0.271. The van der Waals surface area contributed by atoms with E-state index in [0.717, 1.165) is 30.8 Å². The minimum Gasteiger partial charge on any atom is -0.393 e. The first-order valence-corrected chi connectivity index (χ1v) is 6.52. The maximum Gasteiger partial charge on any atom is 0.132 e. The first kappa shape index (κ1) is 13.2. The van der Waals surface area contributed by atoms with Crippen LogP contribution in [0.4, 0.5) is 5.82 Å². The fraction of sp³-hybridized carbons (Fsp3) is 0.692. The SMILES string of the molecule is CC(O)(CO)CNc1ncnc2c1CCCCC2. The predicted octanol–water partition coefficient (Wildman–Crippen LogP) is 0.901. The summed E-state index contributed by atoms with van der Waals surface area (Å²) in [4.78, 5) is 8.60. The van der Waals surface area contributed by atoms with Gasteiger partial charge in [0.2, 0.25) is 0 Å². The molecule has 0 spiro atoms. The molecule has 1 aromatic rings. The van der Waals surface area contributed by atoms with Gasteiger partial charge in [0.05, 0.1) is 6.61 Å². The van der Waals surface area contributed by atoms with Crippen molar-refractivity contribution in [3.8, 4) is 0 Å². The molecule has 0 aromatic carbocycles. The number of aliphatic hydroxyl groups excluding tert-OH is 1. The van der Waals surface area contributed by atoms with Crippen molar-refractivity contribution in [3.05, 3.63) is 17.6 Å². The van der Waals surface area contributed by atoms with Gasteiger partial charge < -0.3 is 15.5 Å². The zero-order valence-electron chi connectivity index (χ0n) is 10.8. The largest absolute Gasteiger partial charge is 0.393 e. The molecule has 0 fully saturated rings. The molecule has 1 atom stereocenters. The molecule has 1 heterocycles. The average Bonchev–Trinajstić information content (AvgIpc) is 2.62. The third kappa shape index (κ3) is 3.17. The highest BCUT2D eigenvalue weighted by Gasteiger charge is 2.20. The molecule has 0 amide bonds. The van der Waals surface area contributed by atoms with Crippen LogP contribution in [-0.4, -0.2) is 38.9 Å². The lowest BCUT2D eigenvalue weighted by molar-refractivity contribution is 0.0131. The third-order valence-electron chi connectivity index (χ3n) is 3.35. The number of rotatable bonds is 4.